The average molecular weight is 372 g/mol. The van der Waals surface area contributed by atoms with Gasteiger partial charge in [0.2, 0.25) is 0 Å². The second-order valence-electron chi connectivity index (χ2n) is 7.39. The molecule has 3 unspecified atom stereocenters. The number of aryl methyl sites for hydroxylation is 1. The molecule has 3 atom stereocenters. The van der Waals surface area contributed by atoms with E-state index >= 15 is 0 Å². The van der Waals surface area contributed by atoms with Crippen LogP contribution in [0.4, 0.5) is 0 Å². The number of hydrogen-bond donors (Lipinski definition) is 0. The van der Waals surface area contributed by atoms with Crippen molar-refractivity contribution in [1.29, 1.82) is 0 Å². The monoisotopic (exact) mass is 371 g/mol. The van der Waals surface area contributed by atoms with Gasteiger partial charge < -0.3 is 9.47 Å². The smallest absolute Gasteiger partial charge is 0.314 e. The van der Waals surface area contributed by atoms with Gasteiger partial charge in [-0.3, -0.25) is 9.78 Å². The molecule has 2 aliphatic rings. The van der Waals surface area contributed by atoms with Crippen LogP contribution in [0.25, 0.3) is 0 Å². The van der Waals surface area contributed by atoms with E-state index in [1.807, 2.05) is 37.4 Å². The molecule has 1 fully saturated rings. The van der Waals surface area contributed by atoms with E-state index in [1.165, 1.54) is 0 Å². The van der Waals surface area contributed by atoms with Gasteiger partial charge in [-0.25, -0.2) is 0 Å². The Balaban J connectivity index is 1.61. The average Bonchev–Trinajstić information content (AvgIpc) is 3.24. The molecule has 136 valence electrons. The molecule has 1 saturated carbocycles. The number of esters is 1. The van der Waals surface area contributed by atoms with Gasteiger partial charge in [0.25, 0.3) is 0 Å². The minimum absolute atomic E-state index is 0.00496. The van der Waals surface area contributed by atoms with Crippen LogP contribution in [-0.4, -0.2) is 11.0 Å². The van der Waals surface area contributed by atoms with Gasteiger partial charge in [-0.1, -0.05) is 30.7 Å². The molecule has 26 heavy (non-hydrogen) atoms. The molecule has 0 bridgehead atoms. The predicted octanol–water partition coefficient (Wildman–Crippen LogP) is 5.00. The first-order valence-electron chi connectivity index (χ1n) is 9.10. The number of hydrogen-bond acceptors (Lipinski definition) is 4. The zero-order chi connectivity index (χ0) is 18.3. The SMILES string of the molecule is Cc1ncc2c(c1OC(=O)C1CCC(C)C1)COC2c1ccc(Cl)cc1. The molecule has 1 aromatic carbocycles. The summed E-state index contributed by atoms with van der Waals surface area (Å²) < 4.78 is 11.8. The molecule has 0 radical (unpaired) electrons. The van der Waals surface area contributed by atoms with E-state index < -0.39 is 0 Å². The number of ether oxygens (including phenoxy) is 2. The molecule has 2 heterocycles. The van der Waals surface area contributed by atoms with E-state index in [1.54, 1.807) is 0 Å². The van der Waals surface area contributed by atoms with Gasteiger partial charge in [0.1, 0.15) is 6.10 Å². The fourth-order valence-corrected chi connectivity index (χ4v) is 4.06. The molecule has 0 saturated heterocycles. The highest BCUT2D eigenvalue weighted by atomic mass is 35.5. The summed E-state index contributed by atoms with van der Waals surface area (Å²) in [6.07, 6.45) is 4.52. The lowest BCUT2D eigenvalue weighted by molar-refractivity contribution is -0.138. The number of nitrogens with zero attached hydrogens (tertiary/aromatic N) is 1. The normalized spacial score (nSPS) is 24.5. The number of fused-ring (bicyclic) bond motifs is 1. The summed E-state index contributed by atoms with van der Waals surface area (Å²) in [5.41, 5.74) is 3.63. The third-order valence-electron chi connectivity index (χ3n) is 5.43. The van der Waals surface area contributed by atoms with Crippen LogP contribution in [0.1, 0.15) is 54.7 Å². The summed E-state index contributed by atoms with van der Waals surface area (Å²) >= 11 is 5.98. The van der Waals surface area contributed by atoms with Crippen LogP contribution in [0.2, 0.25) is 5.02 Å². The summed E-state index contributed by atoms with van der Waals surface area (Å²) in [4.78, 5) is 17.1. The van der Waals surface area contributed by atoms with Gasteiger partial charge in [-0.2, -0.15) is 0 Å². The van der Waals surface area contributed by atoms with Crippen molar-refractivity contribution in [3.8, 4) is 5.75 Å². The van der Waals surface area contributed by atoms with E-state index in [4.69, 9.17) is 21.1 Å². The molecule has 4 nitrogen and oxygen atoms in total. The van der Waals surface area contributed by atoms with Gasteiger partial charge in [0, 0.05) is 22.3 Å². The quantitative estimate of drug-likeness (QED) is 0.712. The van der Waals surface area contributed by atoms with Crippen molar-refractivity contribution in [3.63, 3.8) is 0 Å². The van der Waals surface area contributed by atoms with E-state index in [0.717, 1.165) is 41.6 Å². The van der Waals surface area contributed by atoms with Crippen LogP contribution in [0.5, 0.6) is 5.75 Å². The topological polar surface area (TPSA) is 48.4 Å². The van der Waals surface area contributed by atoms with Gasteiger partial charge in [-0.05, 0) is 49.8 Å². The third-order valence-corrected chi connectivity index (χ3v) is 5.68. The Morgan fingerprint density at radius 2 is 2.04 bits per heavy atom. The van der Waals surface area contributed by atoms with Gasteiger partial charge in [0.05, 0.1) is 18.2 Å². The molecule has 0 spiro atoms. The summed E-state index contributed by atoms with van der Waals surface area (Å²) in [6, 6.07) is 7.60. The van der Waals surface area contributed by atoms with Crippen LogP contribution < -0.4 is 4.74 Å². The number of rotatable bonds is 3. The standard InChI is InChI=1S/C21H22ClNO3/c1-12-3-4-15(9-12)21(24)26-19-13(2)23-10-17-18(19)11-25-20(17)14-5-7-16(22)8-6-14/h5-8,10,12,15,20H,3-4,9,11H2,1-2H3. The molecule has 0 N–H and O–H groups in total. The Hall–Kier alpha value is -1.91. The number of pyridine rings is 1. The number of halogens is 1. The summed E-state index contributed by atoms with van der Waals surface area (Å²) in [6.45, 7) is 4.47. The zero-order valence-electron chi connectivity index (χ0n) is 15.0. The maximum Gasteiger partial charge on any atom is 0.314 e. The number of carbonyl (C=O) groups excluding carboxylic acids is 1. The largest absolute Gasteiger partial charge is 0.424 e. The van der Waals surface area contributed by atoms with E-state index in [9.17, 15) is 4.79 Å². The number of aromatic nitrogens is 1. The molecule has 1 aliphatic heterocycles. The molecule has 1 aliphatic carbocycles. The van der Waals surface area contributed by atoms with Crippen LogP contribution in [0.3, 0.4) is 0 Å². The lowest BCUT2D eigenvalue weighted by Gasteiger charge is -2.15. The lowest BCUT2D eigenvalue weighted by Crippen LogP contribution is -2.19. The number of benzene rings is 1. The molecule has 5 heteroatoms. The van der Waals surface area contributed by atoms with Crippen LogP contribution in [0, 0.1) is 18.8 Å². The van der Waals surface area contributed by atoms with Crippen molar-refractivity contribution < 1.29 is 14.3 Å². The molecule has 4 rings (SSSR count). The minimum Gasteiger partial charge on any atom is -0.424 e. The van der Waals surface area contributed by atoms with Crippen molar-refractivity contribution in [1.82, 2.24) is 4.98 Å². The first-order valence-corrected chi connectivity index (χ1v) is 9.48. The van der Waals surface area contributed by atoms with Gasteiger partial charge in [-0.15, -0.1) is 0 Å². The Labute approximate surface area is 158 Å². The molecule has 0 amide bonds. The highest BCUT2D eigenvalue weighted by Crippen LogP contribution is 2.41. The van der Waals surface area contributed by atoms with Crippen molar-refractivity contribution in [2.75, 3.05) is 0 Å². The lowest BCUT2D eigenvalue weighted by atomic mass is 10.00. The fourth-order valence-electron chi connectivity index (χ4n) is 3.94. The summed E-state index contributed by atoms with van der Waals surface area (Å²) in [5.74, 6) is 1.02. The second-order valence-corrected chi connectivity index (χ2v) is 7.82. The predicted molar refractivity (Wildman–Crippen MR) is 99.2 cm³/mol. The van der Waals surface area contributed by atoms with Crippen LogP contribution in [-0.2, 0) is 16.1 Å². The maximum absolute atomic E-state index is 12.6. The fraction of sp³-hybridized carbons (Fsp3) is 0.429. The van der Waals surface area contributed by atoms with Crippen LogP contribution >= 0.6 is 11.6 Å². The first-order chi connectivity index (χ1) is 12.5. The van der Waals surface area contributed by atoms with Crippen molar-refractivity contribution in [3.05, 3.63) is 57.9 Å². The Kier molecular flexibility index (Phi) is 4.72. The van der Waals surface area contributed by atoms with E-state index in [-0.39, 0.29) is 18.0 Å². The van der Waals surface area contributed by atoms with Crippen molar-refractivity contribution in [2.24, 2.45) is 11.8 Å². The summed E-state index contributed by atoms with van der Waals surface area (Å²) in [7, 11) is 0. The third kappa shape index (κ3) is 3.24. The highest BCUT2D eigenvalue weighted by molar-refractivity contribution is 6.30. The first kappa shape index (κ1) is 17.5. The second kappa shape index (κ2) is 7.01. The van der Waals surface area contributed by atoms with E-state index in [0.29, 0.717) is 23.3 Å². The molecule has 2 aromatic rings. The van der Waals surface area contributed by atoms with Crippen molar-refractivity contribution >= 4 is 17.6 Å². The Bertz CT molecular complexity index is 834. The molecular formula is C21H22ClNO3. The van der Waals surface area contributed by atoms with Gasteiger partial charge >= 0.3 is 5.97 Å². The number of carbonyl (C=O) groups is 1. The van der Waals surface area contributed by atoms with Gasteiger partial charge in [0.15, 0.2) is 5.75 Å². The molecule has 1 aromatic heterocycles. The van der Waals surface area contributed by atoms with Crippen molar-refractivity contribution in [2.45, 2.75) is 45.8 Å². The van der Waals surface area contributed by atoms with E-state index in [2.05, 4.69) is 11.9 Å². The zero-order valence-corrected chi connectivity index (χ0v) is 15.8. The summed E-state index contributed by atoms with van der Waals surface area (Å²) in [5, 5.41) is 0.689. The molecular weight excluding hydrogens is 350 g/mol. The minimum atomic E-state index is -0.209. The Morgan fingerprint density at radius 3 is 2.73 bits per heavy atom. The highest BCUT2D eigenvalue weighted by Gasteiger charge is 2.33. The maximum atomic E-state index is 12.6. The Morgan fingerprint density at radius 1 is 1.27 bits per heavy atom. The van der Waals surface area contributed by atoms with Crippen LogP contribution in [0.15, 0.2) is 30.5 Å².